The lowest BCUT2D eigenvalue weighted by atomic mass is 10.1. The smallest absolute Gasteiger partial charge is 0.193 e. The van der Waals surface area contributed by atoms with Gasteiger partial charge in [-0.25, -0.2) is 0 Å². The van der Waals surface area contributed by atoms with Gasteiger partial charge in [-0.2, -0.15) is 0 Å². The van der Waals surface area contributed by atoms with Crippen LogP contribution in [0, 0.1) is 6.92 Å². The number of hydrogen-bond acceptors (Lipinski definition) is 2. The summed E-state index contributed by atoms with van der Waals surface area (Å²) < 4.78 is 0. The third-order valence-electron chi connectivity index (χ3n) is 5.65. The molecule has 2 heterocycles. The molecule has 1 aliphatic rings. The van der Waals surface area contributed by atoms with Crippen LogP contribution in [0.4, 0.5) is 0 Å². The third-order valence-corrected chi connectivity index (χ3v) is 5.65. The van der Waals surface area contributed by atoms with Crippen LogP contribution >= 0.6 is 0 Å². The summed E-state index contributed by atoms with van der Waals surface area (Å²) in [6.07, 6.45) is 5.74. The fourth-order valence-corrected chi connectivity index (χ4v) is 4.19. The van der Waals surface area contributed by atoms with E-state index in [0.29, 0.717) is 6.04 Å². The Morgan fingerprint density at radius 1 is 1.42 bits per heavy atom. The Balaban J connectivity index is 1.54. The number of fused-ring (bicyclic) bond motifs is 1. The number of benzene rings is 1. The number of nitrogens with one attached hydrogen (secondary N) is 2. The predicted octanol–water partition coefficient (Wildman–Crippen LogP) is 3.01. The van der Waals surface area contributed by atoms with Crippen LogP contribution in [0.1, 0.15) is 30.9 Å². The van der Waals surface area contributed by atoms with Crippen molar-refractivity contribution >= 4 is 16.9 Å². The molecule has 1 saturated heterocycles. The second-order valence-corrected chi connectivity index (χ2v) is 7.34. The first-order valence-corrected chi connectivity index (χ1v) is 9.85. The molecular weight excluding hydrogens is 322 g/mol. The summed E-state index contributed by atoms with van der Waals surface area (Å²) in [7, 11) is 4.02. The number of likely N-dealkylation sites (tertiary alicyclic amines) is 1. The van der Waals surface area contributed by atoms with Gasteiger partial charge in [-0.05, 0) is 50.4 Å². The van der Waals surface area contributed by atoms with Gasteiger partial charge in [-0.15, -0.1) is 0 Å². The third kappa shape index (κ3) is 4.04. The Morgan fingerprint density at radius 2 is 2.27 bits per heavy atom. The van der Waals surface area contributed by atoms with E-state index in [1.807, 2.05) is 7.05 Å². The molecule has 1 fully saturated rings. The summed E-state index contributed by atoms with van der Waals surface area (Å²) in [5, 5.41) is 4.87. The molecule has 0 amide bonds. The van der Waals surface area contributed by atoms with Crippen LogP contribution in [0.3, 0.4) is 0 Å². The van der Waals surface area contributed by atoms with Crippen LogP contribution in [0.25, 0.3) is 10.9 Å². The average molecular weight is 356 g/mol. The highest BCUT2D eigenvalue weighted by molar-refractivity contribution is 5.86. The van der Waals surface area contributed by atoms with Gasteiger partial charge in [0.25, 0.3) is 0 Å². The normalized spacial score (nSPS) is 18.6. The Kier molecular flexibility index (Phi) is 6.20. The zero-order valence-corrected chi connectivity index (χ0v) is 16.7. The minimum atomic E-state index is 0.653. The molecule has 5 nitrogen and oxygen atoms in total. The summed E-state index contributed by atoms with van der Waals surface area (Å²) in [6.45, 7) is 8.72. The monoisotopic (exact) mass is 355 g/mol. The summed E-state index contributed by atoms with van der Waals surface area (Å²) in [5.74, 6) is 0.990. The van der Waals surface area contributed by atoms with E-state index in [0.717, 1.165) is 32.0 Å². The van der Waals surface area contributed by atoms with E-state index in [2.05, 4.69) is 70.4 Å². The molecule has 0 aliphatic carbocycles. The van der Waals surface area contributed by atoms with Gasteiger partial charge in [0, 0.05) is 50.3 Å². The maximum Gasteiger partial charge on any atom is 0.193 e. The number of hydrogen-bond donors (Lipinski definition) is 2. The van der Waals surface area contributed by atoms with E-state index < -0.39 is 0 Å². The minimum absolute atomic E-state index is 0.653. The van der Waals surface area contributed by atoms with E-state index in [1.54, 1.807) is 0 Å². The Morgan fingerprint density at radius 3 is 3.04 bits per heavy atom. The van der Waals surface area contributed by atoms with Gasteiger partial charge in [0.05, 0.1) is 0 Å². The van der Waals surface area contributed by atoms with Crippen molar-refractivity contribution in [3.8, 4) is 0 Å². The SMILES string of the molecule is CCN1CCCC1CN(C)C(=NC)NCCc1c[nH]c2c(C)cccc12. The van der Waals surface area contributed by atoms with Crippen molar-refractivity contribution in [1.82, 2.24) is 20.1 Å². The minimum Gasteiger partial charge on any atom is -0.361 e. The molecule has 1 aromatic carbocycles. The largest absolute Gasteiger partial charge is 0.361 e. The first kappa shape index (κ1) is 18.8. The fourth-order valence-electron chi connectivity index (χ4n) is 4.19. The summed E-state index contributed by atoms with van der Waals surface area (Å²) in [4.78, 5) is 12.8. The highest BCUT2D eigenvalue weighted by atomic mass is 15.3. The zero-order valence-electron chi connectivity index (χ0n) is 16.7. The summed E-state index contributed by atoms with van der Waals surface area (Å²) in [6, 6.07) is 7.14. The van der Waals surface area contributed by atoms with Gasteiger partial charge >= 0.3 is 0 Å². The van der Waals surface area contributed by atoms with Crippen molar-refractivity contribution in [3.05, 3.63) is 35.5 Å². The summed E-state index contributed by atoms with van der Waals surface area (Å²) in [5.41, 5.74) is 3.92. The molecule has 26 heavy (non-hydrogen) atoms. The van der Waals surface area contributed by atoms with E-state index in [4.69, 9.17) is 0 Å². The van der Waals surface area contributed by atoms with Crippen molar-refractivity contribution < 1.29 is 0 Å². The number of para-hydroxylation sites is 1. The molecule has 5 heteroatoms. The first-order chi connectivity index (χ1) is 12.6. The Labute approximate surface area is 157 Å². The molecule has 0 radical (unpaired) electrons. The second kappa shape index (κ2) is 8.58. The van der Waals surface area contributed by atoms with Gasteiger partial charge < -0.3 is 15.2 Å². The molecule has 1 aromatic heterocycles. The van der Waals surface area contributed by atoms with Crippen LogP contribution in [-0.4, -0.2) is 67.1 Å². The van der Waals surface area contributed by atoms with Crippen molar-refractivity contribution in [3.63, 3.8) is 0 Å². The zero-order chi connectivity index (χ0) is 18.5. The molecular formula is C21H33N5. The lowest BCUT2D eigenvalue weighted by Crippen LogP contribution is -2.46. The number of nitrogens with zero attached hydrogens (tertiary/aromatic N) is 3. The molecule has 2 N–H and O–H groups in total. The van der Waals surface area contributed by atoms with Crippen molar-refractivity contribution in [2.45, 2.75) is 39.2 Å². The maximum absolute atomic E-state index is 4.48. The number of aromatic amines is 1. The van der Waals surface area contributed by atoms with Crippen LogP contribution in [0.15, 0.2) is 29.4 Å². The average Bonchev–Trinajstić information content (AvgIpc) is 3.26. The van der Waals surface area contributed by atoms with Crippen molar-refractivity contribution in [2.75, 3.05) is 40.3 Å². The van der Waals surface area contributed by atoms with Gasteiger partial charge in [-0.3, -0.25) is 9.89 Å². The fraction of sp³-hybridized carbons (Fsp3) is 0.571. The van der Waals surface area contributed by atoms with Gasteiger partial charge in [0.2, 0.25) is 0 Å². The molecule has 1 aliphatic heterocycles. The highest BCUT2D eigenvalue weighted by Crippen LogP contribution is 2.21. The maximum atomic E-state index is 4.48. The summed E-state index contributed by atoms with van der Waals surface area (Å²) >= 11 is 0. The Bertz CT molecular complexity index is 748. The van der Waals surface area contributed by atoms with Crippen molar-refractivity contribution in [1.29, 1.82) is 0 Å². The number of H-pyrrole nitrogens is 1. The second-order valence-electron chi connectivity index (χ2n) is 7.34. The number of aryl methyl sites for hydroxylation is 1. The van der Waals surface area contributed by atoms with E-state index in [1.165, 1.54) is 41.4 Å². The van der Waals surface area contributed by atoms with Gasteiger partial charge in [0.15, 0.2) is 5.96 Å². The molecule has 0 spiro atoms. The first-order valence-electron chi connectivity index (χ1n) is 9.85. The van der Waals surface area contributed by atoms with Crippen LogP contribution in [0.5, 0.6) is 0 Å². The number of guanidine groups is 1. The molecule has 3 rings (SSSR count). The number of aromatic nitrogens is 1. The molecule has 142 valence electrons. The van der Waals surface area contributed by atoms with E-state index in [-0.39, 0.29) is 0 Å². The quantitative estimate of drug-likeness (QED) is 0.618. The van der Waals surface area contributed by atoms with Crippen LogP contribution in [-0.2, 0) is 6.42 Å². The van der Waals surface area contributed by atoms with E-state index in [9.17, 15) is 0 Å². The molecule has 0 saturated carbocycles. The van der Waals surface area contributed by atoms with Crippen molar-refractivity contribution in [2.24, 2.45) is 4.99 Å². The Hall–Kier alpha value is -2.01. The molecule has 1 atom stereocenters. The highest BCUT2D eigenvalue weighted by Gasteiger charge is 2.24. The molecule has 1 unspecified atom stereocenters. The van der Waals surface area contributed by atoms with Crippen LogP contribution in [0.2, 0.25) is 0 Å². The van der Waals surface area contributed by atoms with E-state index >= 15 is 0 Å². The number of aliphatic imine (C=N–C) groups is 1. The number of likely N-dealkylation sites (N-methyl/N-ethyl adjacent to an activating group) is 2. The molecule has 0 bridgehead atoms. The predicted molar refractivity (Wildman–Crippen MR) is 111 cm³/mol. The topological polar surface area (TPSA) is 46.7 Å². The van der Waals surface area contributed by atoms with Crippen LogP contribution < -0.4 is 5.32 Å². The lowest BCUT2D eigenvalue weighted by Gasteiger charge is -2.29. The standard InChI is InChI=1S/C21H33N5/c1-5-26-13-7-9-18(26)15-25(4)21(22-3)23-12-11-17-14-24-20-16(2)8-6-10-19(17)20/h6,8,10,14,18,24H,5,7,9,11-13,15H2,1-4H3,(H,22,23). The van der Waals surface area contributed by atoms with Gasteiger partial charge in [0.1, 0.15) is 0 Å². The van der Waals surface area contributed by atoms with Gasteiger partial charge in [-0.1, -0.05) is 25.1 Å². The number of rotatable bonds is 6. The molecule has 2 aromatic rings. The lowest BCUT2D eigenvalue weighted by molar-refractivity contribution is 0.233.